The predicted octanol–water partition coefficient (Wildman–Crippen LogP) is 27.0. The van der Waals surface area contributed by atoms with Crippen molar-refractivity contribution in [1.29, 1.82) is 0 Å². The lowest BCUT2D eigenvalue weighted by molar-refractivity contribution is -0.208. The van der Waals surface area contributed by atoms with Gasteiger partial charge in [0.2, 0.25) is 0 Å². The molecule has 8 nitrogen and oxygen atoms in total. The van der Waals surface area contributed by atoms with Crippen LogP contribution in [0.15, 0.2) is 281 Å². The van der Waals surface area contributed by atoms with Gasteiger partial charge in [-0.15, -0.1) is 0 Å². The molecule has 17 heteroatoms. The van der Waals surface area contributed by atoms with Gasteiger partial charge in [-0.25, -0.2) is 14.4 Å². The fourth-order valence-electron chi connectivity index (χ4n) is 20.8. The Morgan fingerprint density at radius 1 is 0.264 bits per heavy atom. The van der Waals surface area contributed by atoms with Crippen molar-refractivity contribution in [2.45, 2.75) is 301 Å². The molecule has 9 aromatic carbocycles. The molecule has 12 fully saturated rings. The molecule has 0 heterocycles. The summed E-state index contributed by atoms with van der Waals surface area (Å²) in [6.45, 7) is 28.5. The molecule has 12 saturated carbocycles. The molecule has 0 radical (unpaired) electrons. The molecular weight excluding hydrogens is 1640 g/mol. The van der Waals surface area contributed by atoms with Crippen molar-refractivity contribution < 1.29 is 64.5 Å². The van der Waals surface area contributed by atoms with Gasteiger partial charge in [0.15, 0.2) is 44.1 Å². The number of hydrogen-bond acceptors (Lipinski definition) is 8. The van der Waals surface area contributed by atoms with Crippen LogP contribution in [0.4, 0.5) is 26.3 Å². The molecule has 0 amide bonds. The third-order valence-electron chi connectivity index (χ3n) is 26.4. The van der Waals surface area contributed by atoms with Gasteiger partial charge in [0.1, 0.15) is 28.4 Å². The molecule has 0 aliphatic heterocycles. The molecule has 125 heavy (non-hydrogen) atoms. The number of rotatable bonds is 15. The van der Waals surface area contributed by atoms with Crippen molar-refractivity contribution in [3.63, 3.8) is 0 Å². The number of alkyl halides is 6. The third kappa shape index (κ3) is 23.5. The maximum absolute atomic E-state index is 12.9. The number of carbonyl (C=O) groups excluding carboxylic acids is 5. The number of esters is 3. The SMILES string of the molecule is CC(C)(C)c1ccc([S+](c2ccccc2)c2ccc(C(C)(C)C)cc2)cc1.CC(C)(C)c1ccc([S+](c2ccccc2)c2ccccc2)cc1.CC(F)(F)C(=O)OC12CC3CC(C1)C(=O)C(C3)C2.CC(F)(F)C(=O)OC12CC3CC(C1)C(=O)C(C3)C2.CC(F)(F)C(=O)OC12CC3CC(CC(C3)C1)C2.Cc1ccc([S+](c2ccc(C)cc2)c2ccc(C)cc2)cc1. The first-order valence-electron chi connectivity index (χ1n) is 44.6. The van der Waals surface area contributed by atoms with E-state index in [1.54, 1.807) is 0 Å². The van der Waals surface area contributed by atoms with E-state index in [4.69, 9.17) is 14.2 Å². The Morgan fingerprint density at radius 2 is 0.440 bits per heavy atom. The van der Waals surface area contributed by atoms with E-state index in [1.807, 2.05) is 0 Å². The van der Waals surface area contributed by atoms with Crippen molar-refractivity contribution >= 4 is 62.2 Å². The van der Waals surface area contributed by atoms with Gasteiger partial charge >= 0.3 is 35.7 Å². The first-order chi connectivity index (χ1) is 58.8. The summed E-state index contributed by atoms with van der Waals surface area (Å²) < 4.78 is 93.1. The van der Waals surface area contributed by atoms with Crippen LogP contribution in [0.1, 0.15) is 219 Å². The van der Waals surface area contributed by atoms with Crippen molar-refractivity contribution in [3.8, 4) is 0 Å². The molecule has 12 aliphatic carbocycles. The molecule has 9 aromatic rings. The van der Waals surface area contributed by atoms with Gasteiger partial charge in [-0.2, -0.15) is 26.3 Å². The number of halogens is 6. The zero-order valence-electron chi connectivity index (χ0n) is 75.3. The molecule has 4 unspecified atom stereocenters. The van der Waals surface area contributed by atoms with E-state index in [1.165, 1.54) is 96.7 Å². The zero-order valence-corrected chi connectivity index (χ0v) is 77.7. The lowest BCUT2D eigenvalue weighted by Crippen LogP contribution is -2.57. The highest BCUT2D eigenvalue weighted by Crippen LogP contribution is 2.60. The number of Topliss-reactive ketones (excluding diaryl/α,β-unsaturated/α-hetero) is 2. The summed E-state index contributed by atoms with van der Waals surface area (Å²) in [4.78, 5) is 70.3. The Labute approximate surface area is 746 Å². The Balaban J connectivity index is 0.000000130. The van der Waals surface area contributed by atoms with Crippen LogP contribution in [0.3, 0.4) is 0 Å². The monoisotopic (exact) mass is 1760 g/mol. The highest BCUT2D eigenvalue weighted by atomic mass is 32.2. The largest absolute Gasteiger partial charge is 0.455 e. The summed E-state index contributed by atoms with van der Waals surface area (Å²) in [6, 6.07) is 86.9. The van der Waals surface area contributed by atoms with Crippen LogP contribution in [0.5, 0.6) is 0 Å². The Morgan fingerprint density at radius 3 is 0.632 bits per heavy atom. The minimum atomic E-state index is -3.45. The van der Waals surface area contributed by atoms with Crippen LogP contribution in [0.2, 0.25) is 0 Å². The predicted molar refractivity (Wildman–Crippen MR) is 488 cm³/mol. The first-order valence-corrected chi connectivity index (χ1v) is 48.3. The summed E-state index contributed by atoms with van der Waals surface area (Å²) in [6.07, 6.45) is 12.5. The van der Waals surface area contributed by atoms with E-state index < -0.39 is 52.5 Å². The minimum absolute atomic E-state index is 0.0394. The molecule has 12 aliphatic rings. The van der Waals surface area contributed by atoms with E-state index in [9.17, 15) is 50.3 Å². The molecule has 0 spiro atoms. The second-order valence-electron chi connectivity index (χ2n) is 40.4. The quantitative estimate of drug-likeness (QED) is 0.0432. The number of aryl methyl sites for hydroxylation is 3. The van der Waals surface area contributed by atoms with Gasteiger partial charge in [0.05, 0.1) is 32.7 Å². The van der Waals surface area contributed by atoms with E-state index >= 15 is 0 Å². The maximum Gasteiger partial charge on any atom is 0.377 e. The summed E-state index contributed by atoms with van der Waals surface area (Å²) in [5, 5.41) is 0. The Bertz CT molecular complexity index is 4810. The first kappa shape index (κ1) is 94.0. The van der Waals surface area contributed by atoms with Crippen molar-refractivity contribution in [1.82, 2.24) is 0 Å². The summed E-state index contributed by atoms with van der Waals surface area (Å²) in [7, 11) is -0.174. The van der Waals surface area contributed by atoms with Crippen molar-refractivity contribution in [2.75, 3.05) is 0 Å². The summed E-state index contributed by atoms with van der Waals surface area (Å²) in [5.41, 5.74) is 6.48. The molecule has 21 rings (SSSR count). The molecule has 0 saturated heterocycles. The summed E-state index contributed by atoms with van der Waals surface area (Å²) >= 11 is 0. The van der Waals surface area contributed by atoms with Crippen LogP contribution in [0, 0.1) is 74.0 Å². The molecule has 662 valence electrons. The molecule has 0 aromatic heterocycles. The van der Waals surface area contributed by atoms with Gasteiger partial charge in [-0.3, -0.25) is 9.59 Å². The molecular formula is C108H125F6O8S3+3. The topological polar surface area (TPSA) is 113 Å². The van der Waals surface area contributed by atoms with Gasteiger partial charge in [0, 0.05) is 44.4 Å². The highest BCUT2D eigenvalue weighted by Gasteiger charge is 2.61. The van der Waals surface area contributed by atoms with Crippen molar-refractivity contribution in [3.05, 3.63) is 270 Å². The van der Waals surface area contributed by atoms with Crippen LogP contribution in [0.25, 0.3) is 0 Å². The smallest absolute Gasteiger partial charge is 0.377 e. The number of carbonyl (C=O) groups is 5. The van der Waals surface area contributed by atoms with Crippen LogP contribution < -0.4 is 0 Å². The number of ether oxygens (including phenoxy) is 3. The van der Waals surface area contributed by atoms with Gasteiger partial charge in [0.25, 0.3) is 0 Å². The molecule has 4 atom stereocenters. The average molecular weight is 1760 g/mol. The van der Waals surface area contributed by atoms with E-state index in [0.29, 0.717) is 88.9 Å². The van der Waals surface area contributed by atoms with Gasteiger partial charge in [-0.1, -0.05) is 206 Å². The maximum atomic E-state index is 12.9. The van der Waals surface area contributed by atoms with Gasteiger partial charge in [-0.05, 0) is 295 Å². The van der Waals surface area contributed by atoms with Crippen LogP contribution >= 0.6 is 0 Å². The van der Waals surface area contributed by atoms with Gasteiger partial charge < -0.3 is 14.2 Å². The van der Waals surface area contributed by atoms with E-state index in [-0.39, 0.29) is 84.2 Å². The minimum Gasteiger partial charge on any atom is -0.455 e. The Kier molecular flexibility index (Phi) is 28.5. The van der Waals surface area contributed by atoms with E-state index in [0.717, 1.165) is 44.9 Å². The van der Waals surface area contributed by atoms with E-state index in [2.05, 4.69) is 320 Å². The zero-order chi connectivity index (χ0) is 90.0. The second kappa shape index (κ2) is 38.0. The standard InChI is InChI=1S/C26H31S.C22H23S.C21H21S.2C13H16F2O3.C13H18F2O2/c1-25(2,3)20-12-16-23(17-13-20)27(22-10-8-7-9-11-22)24-18-14-21(15-19-24)26(4,5)6;1-22(2,3)18-14-16-21(17-15-18)23(19-10-6-4-7-11-19)20-12-8-5-9-13-20;1-16-4-10-19(11-5-16)22(20-12-6-17(2)7-13-20)21-14-8-18(3)9-15-21;2*1-12(14,15)11(17)18-13-4-7-2-8(5-13)10(16)9(3-7)6-13;1-12(14,15)11(16)17-13-5-8-2-9(6-13)4-10(3-8)7-13/h7-19H,1-6H3;4-17H,1-3H3;4-15H,1-3H3;2*7-9H,2-6H2,1H3;8-10H,2-7H2,1H3/q3*+1;;;. The van der Waals surface area contributed by atoms with Crippen molar-refractivity contribution in [2.24, 2.45) is 53.3 Å². The second-order valence-corrected chi connectivity index (χ2v) is 46.5. The normalized spacial score (nSPS) is 24.8. The lowest BCUT2D eigenvalue weighted by Gasteiger charge is -2.55. The lowest BCUT2D eigenvalue weighted by atomic mass is 9.53. The number of ketones is 2. The fourth-order valence-corrected chi connectivity index (χ4v) is 27.0. The number of hydrogen-bond donors (Lipinski definition) is 0. The Hall–Kier alpha value is -8.64. The fraction of sp³-hybridized carbons (Fsp3) is 0.454. The number of benzene rings is 9. The molecule has 0 N–H and O–H groups in total. The van der Waals surface area contributed by atoms with Crippen LogP contribution in [-0.4, -0.2) is 64.0 Å². The molecule has 12 bridgehead atoms. The van der Waals surface area contributed by atoms with Crippen LogP contribution in [-0.2, 0) is 87.1 Å². The summed E-state index contributed by atoms with van der Waals surface area (Å²) in [5.74, 6) is -11.8. The third-order valence-corrected chi connectivity index (χ3v) is 33.1. The highest BCUT2D eigenvalue weighted by molar-refractivity contribution is 7.97. The average Bonchev–Trinajstić information content (AvgIpc) is 0.746.